The molecule has 0 unspecified atom stereocenters. The topological polar surface area (TPSA) is 102 Å². The first-order valence-electron chi connectivity index (χ1n) is 6.73. The number of urea groups is 1. The van der Waals surface area contributed by atoms with E-state index in [0.29, 0.717) is 11.3 Å². The number of hydrogen-bond acceptors (Lipinski definition) is 4. The van der Waals surface area contributed by atoms with Gasteiger partial charge in [0.25, 0.3) is 0 Å². The summed E-state index contributed by atoms with van der Waals surface area (Å²) in [6.07, 6.45) is -1.94. The van der Waals surface area contributed by atoms with E-state index in [1.54, 1.807) is 13.0 Å². The summed E-state index contributed by atoms with van der Waals surface area (Å²) in [5.74, 6) is -0.898. The number of nitrogens with one attached hydrogen (secondary N) is 2. The maximum absolute atomic E-state index is 13.4. The van der Waals surface area contributed by atoms with Crippen molar-refractivity contribution in [2.75, 3.05) is 11.9 Å². The van der Waals surface area contributed by atoms with Crippen molar-refractivity contribution in [3.05, 3.63) is 29.6 Å². The highest BCUT2D eigenvalue weighted by molar-refractivity contribution is 5.90. The van der Waals surface area contributed by atoms with E-state index in [2.05, 4.69) is 10.6 Å². The third-order valence-corrected chi connectivity index (χ3v) is 3.87. The fourth-order valence-electron chi connectivity index (χ4n) is 2.52. The Balaban J connectivity index is 1.98. The molecule has 4 atom stereocenters. The van der Waals surface area contributed by atoms with Gasteiger partial charge in [-0.3, -0.25) is 0 Å². The first-order valence-corrected chi connectivity index (χ1v) is 6.73. The summed E-state index contributed by atoms with van der Waals surface area (Å²) in [5.41, 5.74) is 0.645. The highest BCUT2D eigenvalue weighted by Crippen LogP contribution is 2.26. The van der Waals surface area contributed by atoms with Crippen LogP contribution >= 0.6 is 0 Å². The lowest BCUT2D eigenvalue weighted by molar-refractivity contribution is 0.000965. The molecule has 1 aliphatic carbocycles. The molecule has 0 aliphatic heterocycles. The van der Waals surface area contributed by atoms with Crippen LogP contribution in [0.2, 0.25) is 0 Å². The second-order valence-electron chi connectivity index (χ2n) is 5.28. The maximum atomic E-state index is 13.4. The molecule has 2 amide bonds. The van der Waals surface area contributed by atoms with Crippen LogP contribution < -0.4 is 10.6 Å². The largest absolute Gasteiger partial charge is 0.396 e. The van der Waals surface area contributed by atoms with Crippen molar-refractivity contribution >= 4 is 11.7 Å². The molecular weight excluding hydrogens is 279 g/mol. The second kappa shape index (κ2) is 6.38. The van der Waals surface area contributed by atoms with Gasteiger partial charge in [0.1, 0.15) is 11.9 Å². The van der Waals surface area contributed by atoms with Crippen LogP contribution in [-0.2, 0) is 0 Å². The summed E-state index contributed by atoms with van der Waals surface area (Å²) < 4.78 is 13.4. The predicted octanol–water partition coefficient (Wildman–Crippen LogP) is 0.358. The summed E-state index contributed by atoms with van der Waals surface area (Å²) in [5, 5.41) is 33.6. The number of carbonyl (C=O) groups excluding carboxylic acids is 1. The average molecular weight is 298 g/mol. The normalized spacial score (nSPS) is 28.4. The number of halogens is 1. The lowest BCUT2D eigenvalue weighted by atomic mass is 10.1. The van der Waals surface area contributed by atoms with Crippen molar-refractivity contribution < 1.29 is 24.5 Å². The minimum absolute atomic E-state index is 0.263. The standard InChI is InChI=1S/C14H19FN2O4/c1-7-9(15)3-2-4-10(7)16-14(21)17-11-5-8(6-18)12(19)13(11)20/h2-4,8,11-13,18-20H,5-6H2,1H3,(H2,16,17,21)/t8-,11-,12-,13+/m1/s1. The Bertz CT molecular complexity index is 526. The molecule has 6 nitrogen and oxygen atoms in total. The molecule has 0 bridgehead atoms. The fraction of sp³-hybridized carbons (Fsp3) is 0.500. The van der Waals surface area contributed by atoms with Gasteiger partial charge in [-0.1, -0.05) is 6.07 Å². The van der Waals surface area contributed by atoms with Gasteiger partial charge >= 0.3 is 6.03 Å². The van der Waals surface area contributed by atoms with Crippen LogP contribution in [-0.4, -0.2) is 46.2 Å². The zero-order chi connectivity index (χ0) is 15.6. The Hall–Kier alpha value is -1.70. The molecule has 1 aliphatic rings. The van der Waals surface area contributed by atoms with Gasteiger partial charge in [-0.25, -0.2) is 9.18 Å². The third kappa shape index (κ3) is 3.31. The molecule has 0 spiro atoms. The quantitative estimate of drug-likeness (QED) is 0.556. The number of amides is 2. The van der Waals surface area contributed by atoms with Gasteiger partial charge in [0, 0.05) is 23.8 Å². The van der Waals surface area contributed by atoms with Crippen LogP contribution in [0.1, 0.15) is 12.0 Å². The molecule has 0 heterocycles. The summed E-state index contributed by atoms with van der Waals surface area (Å²) in [6, 6.07) is 3.08. The summed E-state index contributed by atoms with van der Waals surface area (Å²) >= 11 is 0. The number of hydrogen-bond donors (Lipinski definition) is 5. The maximum Gasteiger partial charge on any atom is 0.319 e. The van der Waals surface area contributed by atoms with Crippen LogP contribution in [0.15, 0.2) is 18.2 Å². The number of rotatable bonds is 3. The number of benzene rings is 1. The molecule has 0 saturated heterocycles. The predicted molar refractivity (Wildman–Crippen MR) is 74.3 cm³/mol. The fourth-order valence-corrected chi connectivity index (χ4v) is 2.52. The van der Waals surface area contributed by atoms with E-state index in [1.165, 1.54) is 12.1 Å². The molecule has 1 saturated carbocycles. The Kier molecular flexibility index (Phi) is 4.76. The van der Waals surface area contributed by atoms with E-state index in [1.807, 2.05) is 0 Å². The molecule has 21 heavy (non-hydrogen) atoms. The Labute approximate surface area is 121 Å². The van der Waals surface area contributed by atoms with Gasteiger partial charge in [-0.15, -0.1) is 0 Å². The van der Waals surface area contributed by atoms with Gasteiger partial charge in [0.05, 0.1) is 12.1 Å². The minimum atomic E-state index is -1.14. The molecule has 7 heteroatoms. The number of carbonyl (C=O) groups is 1. The molecule has 2 rings (SSSR count). The van der Waals surface area contributed by atoms with E-state index < -0.39 is 36.0 Å². The smallest absolute Gasteiger partial charge is 0.319 e. The van der Waals surface area contributed by atoms with Crippen LogP contribution in [0.25, 0.3) is 0 Å². The van der Waals surface area contributed by atoms with E-state index in [4.69, 9.17) is 5.11 Å². The molecule has 0 radical (unpaired) electrons. The lowest BCUT2D eigenvalue weighted by Gasteiger charge is -2.18. The van der Waals surface area contributed by atoms with Gasteiger partial charge < -0.3 is 26.0 Å². The van der Waals surface area contributed by atoms with Gasteiger partial charge in [0.2, 0.25) is 0 Å². The lowest BCUT2D eigenvalue weighted by Crippen LogP contribution is -2.44. The Morgan fingerprint density at radius 2 is 2.10 bits per heavy atom. The van der Waals surface area contributed by atoms with Crippen molar-refractivity contribution in [3.8, 4) is 0 Å². The zero-order valence-electron chi connectivity index (χ0n) is 11.6. The van der Waals surface area contributed by atoms with Crippen molar-refractivity contribution in [3.63, 3.8) is 0 Å². The van der Waals surface area contributed by atoms with Crippen molar-refractivity contribution in [2.24, 2.45) is 5.92 Å². The highest BCUT2D eigenvalue weighted by Gasteiger charge is 2.41. The van der Waals surface area contributed by atoms with Crippen LogP contribution in [0, 0.1) is 18.7 Å². The first kappa shape index (κ1) is 15.7. The van der Waals surface area contributed by atoms with Gasteiger partial charge in [-0.2, -0.15) is 0 Å². The third-order valence-electron chi connectivity index (χ3n) is 3.87. The van der Waals surface area contributed by atoms with Crippen LogP contribution in [0.3, 0.4) is 0 Å². The van der Waals surface area contributed by atoms with Gasteiger partial charge in [0.15, 0.2) is 0 Å². The first-order chi connectivity index (χ1) is 9.93. The summed E-state index contributed by atoms with van der Waals surface area (Å²) in [4.78, 5) is 11.9. The summed E-state index contributed by atoms with van der Waals surface area (Å²) in [6.45, 7) is 1.28. The van der Waals surface area contributed by atoms with Crippen molar-refractivity contribution in [1.82, 2.24) is 5.32 Å². The number of anilines is 1. The second-order valence-corrected chi connectivity index (χ2v) is 5.28. The number of aliphatic hydroxyl groups is 3. The molecule has 1 aromatic carbocycles. The van der Waals surface area contributed by atoms with Crippen molar-refractivity contribution in [1.29, 1.82) is 0 Å². The SMILES string of the molecule is Cc1c(F)cccc1NC(=O)N[C@@H]1C[C@H](CO)[C@@H](O)[C@H]1O. The molecule has 5 N–H and O–H groups in total. The molecular formula is C14H19FN2O4. The Morgan fingerprint density at radius 1 is 1.38 bits per heavy atom. The van der Waals surface area contributed by atoms with Crippen LogP contribution in [0.4, 0.5) is 14.9 Å². The zero-order valence-corrected chi connectivity index (χ0v) is 11.6. The van der Waals surface area contributed by atoms with E-state index in [0.717, 1.165) is 0 Å². The summed E-state index contributed by atoms with van der Waals surface area (Å²) in [7, 11) is 0. The molecule has 1 fully saturated rings. The number of aliphatic hydroxyl groups excluding tert-OH is 3. The van der Waals surface area contributed by atoms with Crippen LogP contribution in [0.5, 0.6) is 0 Å². The monoisotopic (exact) mass is 298 g/mol. The highest BCUT2D eigenvalue weighted by atomic mass is 19.1. The van der Waals surface area contributed by atoms with E-state index in [9.17, 15) is 19.4 Å². The molecule has 0 aromatic heterocycles. The average Bonchev–Trinajstić information content (AvgIpc) is 2.72. The van der Waals surface area contributed by atoms with Crippen molar-refractivity contribution in [2.45, 2.75) is 31.6 Å². The molecule has 116 valence electrons. The van der Waals surface area contributed by atoms with E-state index >= 15 is 0 Å². The van der Waals surface area contributed by atoms with E-state index in [-0.39, 0.29) is 13.0 Å². The molecule has 1 aromatic rings. The van der Waals surface area contributed by atoms with Gasteiger partial charge in [-0.05, 0) is 25.5 Å². The minimum Gasteiger partial charge on any atom is -0.396 e. The Morgan fingerprint density at radius 3 is 2.71 bits per heavy atom.